The van der Waals surface area contributed by atoms with E-state index in [2.05, 4.69) is 0 Å². The van der Waals surface area contributed by atoms with Crippen LogP contribution in [-0.4, -0.2) is 39.4 Å². The van der Waals surface area contributed by atoms with E-state index in [0.29, 0.717) is 16.6 Å². The van der Waals surface area contributed by atoms with E-state index in [9.17, 15) is 19.1 Å². The number of carboxylic acid groups (broad SMARTS) is 1. The summed E-state index contributed by atoms with van der Waals surface area (Å²) in [5.74, 6) is -1.26. The van der Waals surface area contributed by atoms with Crippen LogP contribution in [0.25, 0.3) is 5.52 Å². The van der Waals surface area contributed by atoms with Gasteiger partial charge in [-0.05, 0) is 67.3 Å². The SMILES string of the molecule is Cc1c(CC(=O)O)c2ccc(F)cn2c1Sc1ccc(C(=O)N2CCCC2)cc1. The number of hydrogen-bond donors (Lipinski definition) is 1. The van der Waals surface area contributed by atoms with Gasteiger partial charge in [-0.1, -0.05) is 11.8 Å². The van der Waals surface area contributed by atoms with E-state index in [-0.39, 0.29) is 18.1 Å². The predicted octanol–water partition coefficient (Wildman–Crippen LogP) is 4.40. The number of rotatable bonds is 5. The van der Waals surface area contributed by atoms with Crippen LogP contribution >= 0.6 is 11.8 Å². The Hall–Kier alpha value is -2.80. The number of halogens is 1. The molecule has 0 bridgehead atoms. The normalized spacial score (nSPS) is 13.9. The quantitative estimate of drug-likeness (QED) is 0.675. The van der Waals surface area contributed by atoms with Crippen LogP contribution in [0.2, 0.25) is 0 Å². The molecule has 3 heterocycles. The molecule has 29 heavy (non-hydrogen) atoms. The molecule has 0 aliphatic carbocycles. The molecule has 0 radical (unpaired) electrons. The average Bonchev–Trinajstić information content (AvgIpc) is 3.31. The van der Waals surface area contributed by atoms with Gasteiger partial charge in [-0.15, -0.1) is 0 Å². The minimum atomic E-state index is -0.925. The Morgan fingerprint density at radius 3 is 2.45 bits per heavy atom. The Morgan fingerprint density at radius 2 is 1.79 bits per heavy atom. The summed E-state index contributed by atoms with van der Waals surface area (Å²) >= 11 is 1.43. The molecule has 0 saturated carbocycles. The zero-order valence-electron chi connectivity index (χ0n) is 16.0. The fourth-order valence-corrected chi connectivity index (χ4v) is 4.79. The summed E-state index contributed by atoms with van der Waals surface area (Å²) in [6.07, 6.45) is 3.36. The number of benzene rings is 1. The summed E-state index contributed by atoms with van der Waals surface area (Å²) in [6.45, 7) is 3.47. The van der Waals surface area contributed by atoms with Crippen molar-refractivity contribution in [3.8, 4) is 0 Å². The summed E-state index contributed by atoms with van der Waals surface area (Å²) in [6, 6.07) is 10.3. The monoisotopic (exact) mass is 412 g/mol. The van der Waals surface area contributed by atoms with Crippen molar-refractivity contribution in [3.05, 3.63) is 65.1 Å². The number of carboxylic acids is 1. The van der Waals surface area contributed by atoms with Crippen molar-refractivity contribution in [1.29, 1.82) is 0 Å². The number of hydrogen-bond acceptors (Lipinski definition) is 3. The predicted molar refractivity (Wildman–Crippen MR) is 109 cm³/mol. The average molecular weight is 412 g/mol. The molecule has 150 valence electrons. The van der Waals surface area contributed by atoms with E-state index < -0.39 is 5.97 Å². The molecule has 0 unspecified atom stereocenters. The van der Waals surface area contributed by atoms with Crippen molar-refractivity contribution in [2.24, 2.45) is 0 Å². The molecule has 0 spiro atoms. The first-order chi connectivity index (χ1) is 13.9. The summed E-state index contributed by atoms with van der Waals surface area (Å²) in [4.78, 5) is 26.6. The van der Waals surface area contributed by atoms with Gasteiger partial charge in [-0.3, -0.25) is 9.59 Å². The van der Waals surface area contributed by atoms with Gasteiger partial charge in [0.15, 0.2) is 0 Å². The highest BCUT2D eigenvalue weighted by Crippen LogP contribution is 2.36. The molecule has 3 aromatic rings. The lowest BCUT2D eigenvalue weighted by atomic mass is 10.1. The van der Waals surface area contributed by atoms with E-state index in [0.717, 1.165) is 41.4 Å². The lowest BCUT2D eigenvalue weighted by Gasteiger charge is -2.15. The molecule has 1 N–H and O–H groups in total. The van der Waals surface area contributed by atoms with Crippen LogP contribution in [0.3, 0.4) is 0 Å². The van der Waals surface area contributed by atoms with Crippen LogP contribution in [-0.2, 0) is 11.2 Å². The topological polar surface area (TPSA) is 62.0 Å². The third-order valence-electron chi connectivity index (χ3n) is 5.25. The van der Waals surface area contributed by atoms with E-state index in [1.807, 2.05) is 36.1 Å². The maximum Gasteiger partial charge on any atom is 0.307 e. The van der Waals surface area contributed by atoms with Crippen molar-refractivity contribution < 1.29 is 19.1 Å². The number of aliphatic carboxylic acids is 1. The molecule has 7 heteroatoms. The number of aromatic nitrogens is 1. The minimum absolute atomic E-state index is 0.0502. The second-order valence-electron chi connectivity index (χ2n) is 7.21. The zero-order valence-corrected chi connectivity index (χ0v) is 16.8. The highest BCUT2D eigenvalue weighted by molar-refractivity contribution is 7.99. The number of carbonyl (C=O) groups is 2. The van der Waals surface area contributed by atoms with E-state index >= 15 is 0 Å². The van der Waals surface area contributed by atoms with E-state index in [1.165, 1.54) is 24.0 Å². The third kappa shape index (κ3) is 3.87. The Labute approximate surface area is 172 Å². The van der Waals surface area contributed by atoms with Crippen molar-refractivity contribution in [1.82, 2.24) is 9.30 Å². The van der Waals surface area contributed by atoms with Crippen LogP contribution in [0, 0.1) is 12.7 Å². The van der Waals surface area contributed by atoms with Gasteiger partial charge in [0.25, 0.3) is 5.91 Å². The van der Waals surface area contributed by atoms with Crippen LogP contribution < -0.4 is 0 Å². The first kappa shape index (κ1) is 19.5. The Kier molecular flexibility index (Phi) is 5.32. The number of nitrogens with zero attached hydrogens (tertiary/aromatic N) is 2. The maximum absolute atomic E-state index is 13.9. The number of carbonyl (C=O) groups excluding carboxylic acids is 1. The molecule has 1 aliphatic rings. The van der Waals surface area contributed by atoms with Crippen molar-refractivity contribution in [2.45, 2.75) is 36.1 Å². The molecule has 2 aromatic heterocycles. The summed E-state index contributed by atoms with van der Waals surface area (Å²) in [5.41, 5.74) is 2.85. The molecule has 5 nitrogen and oxygen atoms in total. The second-order valence-corrected chi connectivity index (χ2v) is 8.27. The van der Waals surface area contributed by atoms with Crippen molar-refractivity contribution in [2.75, 3.05) is 13.1 Å². The molecule has 1 aliphatic heterocycles. The van der Waals surface area contributed by atoms with Gasteiger partial charge < -0.3 is 14.4 Å². The van der Waals surface area contributed by atoms with E-state index in [4.69, 9.17) is 0 Å². The van der Waals surface area contributed by atoms with Gasteiger partial charge in [0.2, 0.25) is 0 Å². The van der Waals surface area contributed by atoms with Crippen LogP contribution in [0.5, 0.6) is 0 Å². The molecule has 4 rings (SSSR count). The fourth-order valence-electron chi connectivity index (χ4n) is 3.77. The van der Waals surface area contributed by atoms with Crippen LogP contribution in [0.4, 0.5) is 4.39 Å². The Morgan fingerprint density at radius 1 is 1.10 bits per heavy atom. The molecule has 1 aromatic carbocycles. The highest BCUT2D eigenvalue weighted by atomic mass is 32.2. The first-order valence-corrected chi connectivity index (χ1v) is 10.3. The van der Waals surface area contributed by atoms with Gasteiger partial charge in [0.1, 0.15) is 5.82 Å². The number of likely N-dealkylation sites (tertiary alicyclic amines) is 1. The van der Waals surface area contributed by atoms with Gasteiger partial charge in [0.05, 0.1) is 17.0 Å². The standard InChI is InChI=1S/C22H21FN2O3S/c1-14-18(12-20(26)27)19-9-6-16(23)13-25(19)22(14)29-17-7-4-15(5-8-17)21(28)24-10-2-3-11-24/h4-9,13H,2-3,10-12H2,1H3,(H,26,27). The van der Waals surface area contributed by atoms with Gasteiger partial charge in [0, 0.05) is 29.7 Å². The largest absolute Gasteiger partial charge is 0.481 e. The molecule has 1 fully saturated rings. The third-order valence-corrected chi connectivity index (χ3v) is 6.46. The molecular formula is C22H21FN2O3S. The van der Waals surface area contributed by atoms with Gasteiger partial charge in [-0.2, -0.15) is 0 Å². The van der Waals surface area contributed by atoms with Gasteiger partial charge in [-0.25, -0.2) is 4.39 Å². The lowest BCUT2D eigenvalue weighted by molar-refractivity contribution is -0.136. The number of fused-ring (bicyclic) bond motifs is 1. The Balaban J connectivity index is 1.65. The smallest absolute Gasteiger partial charge is 0.307 e. The molecular weight excluding hydrogens is 391 g/mol. The Bertz CT molecular complexity index is 1090. The van der Waals surface area contributed by atoms with Crippen LogP contribution in [0.1, 0.15) is 34.3 Å². The molecule has 0 atom stereocenters. The molecule has 1 saturated heterocycles. The maximum atomic E-state index is 13.9. The molecule has 1 amide bonds. The number of pyridine rings is 1. The summed E-state index contributed by atoms with van der Waals surface area (Å²) in [5, 5.41) is 10.0. The van der Waals surface area contributed by atoms with Crippen LogP contribution in [0.15, 0.2) is 52.5 Å². The highest BCUT2D eigenvalue weighted by Gasteiger charge is 2.21. The minimum Gasteiger partial charge on any atom is -0.481 e. The second kappa shape index (κ2) is 7.91. The van der Waals surface area contributed by atoms with Crippen molar-refractivity contribution in [3.63, 3.8) is 0 Å². The summed E-state index contributed by atoms with van der Waals surface area (Å²) in [7, 11) is 0. The zero-order chi connectivity index (χ0) is 20.5. The van der Waals surface area contributed by atoms with E-state index in [1.54, 1.807) is 10.5 Å². The lowest BCUT2D eigenvalue weighted by Crippen LogP contribution is -2.27. The summed E-state index contributed by atoms with van der Waals surface area (Å²) < 4.78 is 15.6. The van der Waals surface area contributed by atoms with Crippen molar-refractivity contribution >= 4 is 29.2 Å². The first-order valence-electron chi connectivity index (χ1n) is 9.52. The van der Waals surface area contributed by atoms with Gasteiger partial charge >= 0.3 is 5.97 Å². The fraction of sp³-hybridized carbons (Fsp3) is 0.273. The number of amides is 1.